The van der Waals surface area contributed by atoms with Crippen LogP contribution in [-0.4, -0.2) is 0 Å². The fraction of sp³-hybridized carbons (Fsp3) is 0. The molecule has 0 spiro atoms. The summed E-state index contributed by atoms with van der Waals surface area (Å²) in [5.74, 6) is 0. The molecule has 0 radical (unpaired) electrons. The van der Waals surface area contributed by atoms with Crippen molar-refractivity contribution in [2.24, 2.45) is 0 Å². The molecule has 8 heavy (non-hydrogen) atoms. The van der Waals surface area contributed by atoms with Gasteiger partial charge >= 0.3 is 0 Å². The first-order valence-electron chi connectivity index (χ1n) is 2.16. The van der Waals surface area contributed by atoms with Gasteiger partial charge in [0.15, 0.2) is 0 Å². The minimum Gasteiger partial charge on any atom is -0.699 e. The number of rotatable bonds is 0. The van der Waals surface area contributed by atoms with Gasteiger partial charge in [-0.1, -0.05) is 30.3 Å². The van der Waals surface area contributed by atoms with E-state index in [-0.39, 0.29) is 0 Å². The van der Waals surface area contributed by atoms with Crippen molar-refractivity contribution < 1.29 is 0 Å². The summed E-state index contributed by atoms with van der Waals surface area (Å²) < 4.78 is 0. The topological polar surface area (TPSA) is 23.8 Å². The van der Waals surface area contributed by atoms with E-state index < -0.39 is 0 Å². The van der Waals surface area contributed by atoms with Crippen LogP contribution in [0.25, 0.3) is 5.73 Å². The van der Waals surface area contributed by atoms with Crippen LogP contribution in [0.2, 0.25) is 0 Å². The maximum Gasteiger partial charge on any atom is 0 e. The van der Waals surface area contributed by atoms with Crippen molar-refractivity contribution >= 4 is 5.69 Å². The second-order valence-corrected chi connectivity index (χ2v) is 1.37. The molecule has 1 aromatic rings. The van der Waals surface area contributed by atoms with E-state index in [1.54, 1.807) is 12.1 Å². The van der Waals surface area contributed by atoms with E-state index in [1.807, 2.05) is 18.2 Å². The Bertz CT molecular complexity index is 138. The zero-order valence-corrected chi connectivity index (χ0v) is 11.0. The summed E-state index contributed by atoms with van der Waals surface area (Å²) in [5.41, 5.74) is 7.57. The van der Waals surface area contributed by atoms with Crippen LogP contribution in [0.3, 0.4) is 0 Å². The first-order chi connectivity index (χ1) is 3.39. The first-order valence-corrected chi connectivity index (χ1v) is 2.16. The third-order valence-electron chi connectivity index (χ3n) is 0.774. The van der Waals surface area contributed by atoms with Gasteiger partial charge in [-0.15, -0.1) is 5.69 Å². The molecule has 0 unspecified atom stereocenters. The molecule has 0 atom stereocenters. The summed E-state index contributed by atoms with van der Waals surface area (Å²) in [7, 11) is 0. The van der Waals surface area contributed by atoms with Crippen LogP contribution in [0.1, 0.15) is 0 Å². The van der Waals surface area contributed by atoms with Crippen molar-refractivity contribution in [3.63, 3.8) is 0 Å². The van der Waals surface area contributed by atoms with E-state index in [0.717, 1.165) is 0 Å². The third kappa shape index (κ3) is 1.01. The van der Waals surface area contributed by atoms with E-state index in [9.17, 15) is 0 Å². The maximum atomic E-state index is 7.00. The predicted octanol–water partition coefficient (Wildman–Crippen LogP) is 2.37. The summed E-state index contributed by atoms with van der Waals surface area (Å²) >= 11 is 0. The van der Waals surface area contributed by atoms with Gasteiger partial charge in [0, 0.05) is 0 Å². The van der Waals surface area contributed by atoms with Crippen LogP contribution in [-0.2, 0) is 0 Å². The zero-order valence-electron chi connectivity index (χ0n) is 4.59. The molecule has 0 saturated heterocycles. The van der Waals surface area contributed by atoms with Gasteiger partial charge in [0.1, 0.15) is 0 Å². The van der Waals surface area contributed by atoms with Crippen LogP contribution >= 0.6 is 0 Å². The number of nitrogens with one attached hydrogen (secondary N) is 1. The van der Waals surface area contributed by atoms with Gasteiger partial charge in [-0.05, 0) is 0 Å². The summed E-state index contributed by atoms with van der Waals surface area (Å²) in [6.07, 6.45) is 0. The third-order valence-corrected chi connectivity index (χ3v) is 0.774. The summed E-state index contributed by atoms with van der Waals surface area (Å²) in [5, 5.41) is 0. The Labute approximate surface area is 42.8 Å². The molecule has 0 aliphatic heterocycles. The molecule has 0 bridgehead atoms. The average Bonchev–Trinajstić information content (AvgIpc) is 1.69. The van der Waals surface area contributed by atoms with Crippen molar-refractivity contribution in [1.29, 1.82) is 0 Å². The molecule has 2 heteroatoms. The Morgan fingerprint density at radius 3 is 1.75 bits per heavy atom. The molecule has 1 rings (SSSR count). The van der Waals surface area contributed by atoms with E-state index >= 15 is 0 Å². The van der Waals surface area contributed by atoms with Crippen LogP contribution in [0.15, 0.2) is 30.3 Å². The summed E-state index contributed by atoms with van der Waals surface area (Å²) in [6.45, 7) is 0. The largest absolute Gasteiger partial charge is 0.699 e. The van der Waals surface area contributed by atoms with E-state index in [2.05, 4.69) is 0 Å². The summed E-state index contributed by atoms with van der Waals surface area (Å²) in [6, 6.07) is 9.10. The van der Waals surface area contributed by atoms with Crippen LogP contribution in [0, 0.1) is 0 Å². The molecule has 1 N–H and O–H groups in total. The van der Waals surface area contributed by atoms with Gasteiger partial charge in [0.2, 0.25) is 0 Å². The molecular weight excluding hydrogens is 353 g/mol. The maximum absolute atomic E-state index is 7.00. The minimum atomic E-state index is 0. The molecular formula is C6H6NRf-. The Morgan fingerprint density at radius 2 is 1.50 bits per heavy atom. The Morgan fingerprint density at radius 1 is 1.00 bits per heavy atom. The van der Waals surface area contributed by atoms with Crippen LogP contribution in [0.5, 0.6) is 0 Å². The Hall–Kier alpha value is -1.98. The van der Waals surface area contributed by atoms with Crippen LogP contribution in [0.4, 0.5) is 5.69 Å². The predicted molar refractivity (Wildman–Crippen MR) is 30.4 cm³/mol. The van der Waals surface area contributed by atoms with Gasteiger partial charge in [-0.3, -0.25) is 0 Å². The average molecular weight is 359 g/mol. The van der Waals surface area contributed by atoms with E-state index in [0.29, 0.717) is 5.69 Å². The molecule has 1 nitrogen and oxygen atoms in total. The molecule has 0 aliphatic rings. The van der Waals surface area contributed by atoms with Gasteiger partial charge in [0.05, 0.1) is 0 Å². The van der Waals surface area contributed by atoms with Crippen molar-refractivity contribution in [2.45, 2.75) is 0 Å². The van der Waals surface area contributed by atoms with Crippen molar-refractivity contribution in [2.75, 3.05) is 0 Å². The van der Waals surface area contributed by atoms with Gasteiger partial charge < -0.3 is 5.73 Å². The van der Waals surface area contributed by atoms with Gasteiger partial charge in [-0.2, -0.15) is 0 Å². The SMILES string of the molecule is [NH-]c1ccccc1.[Rf]. The standard InChI is InChI=1S/C6H6N.Rf/c7-6-4-2-1-3-5-6;/h1-5,7H;/q-1;. The van der Waals surface area contributed by atoms with E-state index in [1.165, 1.54) is 0 Å². The van der Waals surface area contributed by atoms with Crippen molar-refractivity contribution in [1.82, 2.24) is 0 Å². The fourth-order valence-electron chi connectivity index (χ4n) is 0.438. The molecule has 0 aliphatic carbocycles. The van der Waals surface area contributed by atoms with Gasteiger partial charge in [0.25, 0.3) is 0 Å². The minimum absolute atomic E-state index is 0. The molecule has 1 aromatic carbocycles. The Kier molecular flexibility index (Phi) is 1.68. The van der Waals surface area contributed by atoms with Crippen molar-refractivity contribution in [3.05, 3.63) is 36.1 Å². The molecule has 0 heterocycles. The molecule has 0 saturated carbocycles. The quantitative estimate of drug-likeness (QED) is 0.680. The molecule has 0 aromatic heterocycles. The van der Waals surface area contributed by atoms with Crippen molar-refractivity contribution in [3.8, 4) is 0 Å². The monoisotopic (exact) mass is 359 g/mol. The fourth-order valence-corrected chi connectivity index (χ4v) is 0.438. The zero-order chi connectivity index (χ0) is 5.11. The molecule has 38 valence electrons. The van der Waals surface area contributed by atoms with Crippen LogP contribution < -0.4 is 0 Å². The van der Waals surface area contributed by atoms with Gasteiger partial charge in [-0.25, -0.2) is 0 Å². The second-order valence-electron chi connectivity index (χ2n) is 1.37. The van der Waals surface area contributed by atoms with E-state index in [4.69, 9.17) is 5.73 Å². The normalized spacial score (nSPS) is 7.50. The number of benzene rings is 1. The first kappa shape index (κ1) is 6.02. The number of hydrogen-bond donors (Lipinski definition) is 0. The molecule has 0 fully saturated rings. The second kappa shape index (κ2) is 2.24. The smallest absolute Gasteiger partial charge is 0 e. The summed E-state index contributed by atoms with van der Waals surface area (Å²) in [4.78, 5) is 0. The Balaban J connectivity index is 0.000000490. The molecule has 0 amide bonds. The number of hydrogen-bond acceptors (Lipinski definition) is 0.